The molecule has 1 fully saturated rings. The fraction of sp³-hybridized carbons (Fsp3) is 0.200. The summed E-state index contributed by atoms with van der Waals surface area (Å²) in [5.74, 6) is -0.0397. The molecule has 2 heterocycles. The van der Waals surface area contributed by atoms with Crippen LogP contribution in [0.5, 0.6) is 0 Å². The second-order valence-corrected chi connectivity index (χ2v) is 9.76. The Morgan fingerprint density at radius 2 is 1.62 bits per heavy atom. The average Bonchev–Trinajstić information content (AvgIpc) is 3.31. The lowest BCUT2D eigenvalue weighted by molar-refractivity contribution is -0.127. The lowest BCUT2D eigenvalue weighted by Gasteiger charge is -2.33. The highest BCUT2D eigenvalue weighted by molar-refractivity contribution is 7.89. The quantitative estimate of drug-likeness (QED) is 0.394. The Labute approximate surface area is 197 Å². The van der Waals surface area contributed by atoms with Crippen LogP contribution in [0.25, 0.3) is 17.4 Å². The van der Waals surface area contributed by atoms with Gasteiger partial charge in [0.2, 0.25) is 15.9 Å². The van der Waals surface area contributed by atoms with Crippen LogP contribution < -0.4 is 0 Å². The molecule has 4 rings (SSSR count). The van der Waals surface area contributed by atoms with Gasteiger partial charge in [0.15, 0.2) is 5.78 Å². The van der Waals surface area contributed by atoms with Gasteiger partial charge in [-0.1, -0.05) is 24.3 Å². The van der Waals surface area contributed by atoms with Crippen molar-refractivity contribution in [2.24, 2.45) is 0 Å². The maximum Gasteiger partial charge on any atom is 0.246 e. The van der Waals surface area contributed by atoms with Crippen LogP contribution in [0.1, 0.15) is 23.0 Å². The first-order valence-electron chi connectivity index (χ1n) is 10.7. The number of ketones is 1. The summed E-state index contributed by atoms with van der Waals surface area (Å²) in [7, 11) is -3.72. The van der Waals surface area contributed by atoms with Crippen molar-refractivity contribution in [2.45, 2.75) is 11.8 Å². The van der Waals surface area contributed by atoms with Crippen LogP contribution in [0.3, 0.4) is 0 Å². The zero-order valence-electron chi connectivity index (χ0n) is 18.5. The highest BCUT2D eigenvalue weighted by Gasteiger charge is 2.29. The van der Waals surface area contributed by atoms with E-state index in [1.54, 1.807) is 35.2 Å². The van der Waals surface area contributed by atoms with Crippen molar-refractivity contribution in [1.82, 2.24) is 9.21 Å². The molecular weight excluding hydrogens is 459 g/mol. The molecule has 1 aliphatic heterocycles. The van der Waals surface area contributed by atoms with Gasteiger partial charge in [-0.15, -0.1) is 0 Å². The fourth-order valence-electron chi connectivity index (χ4n) is 3.67. The van der Waals surface area contributed by atoms with Crippen molar-refractivity contribution in [3.8, 4) is 11.3 Å². The number of furan rings is 1. The standard InChI is InChI=1S/C25H23FN2O5S/c1-18(29)19-6-10-21(11-7-19)34(31,32)28-16-14-27(15-17-28)25(30)13-9-20-8-12-24(33-20)22-4-2-3-5-23(22)26/h2-13H,14-17H2,1H3/b13-9+. The normalized spacial score (nSPS) is 15.1. The number of carbonyl (C=O) groups excluding carboxylic acids is 2. The molecule has 0 N–H and O–H groups in total. The van der Waals surface area contributed by atoms with E-state index >= 15 is 0 Å². The van der Waals surface area contributed by atoms with E-state index in [2.05, 4.69) is 0 Å². The van der Waals surface area contributed by atoms with Crippen LogP contribution in [0.2, 0.25) is 0 Å². The van der Waals surface area contributed by atoms with Crippen molar-refractivity contribution in [3.05, 3.63) is 83.9 Å². The Balaban J connectivity index is 1.36. The molecule has 1 aliphatic rings. The minimum absolute atomic E-state index is 0.112. The number of sulfonamides is 1. The SMILES string of the molecule is CC(=O)c1ccc(S(=O)(=O)N2CCN(C(=O)/C=C/c3ccc(-c4ccccc4F)o3)CC2)cc1. The number of benzene rings is 2. The second kappa shape index (κ2) is 9.74. The number of nitrogens with zero attached hydrogens (tertiary/aromatic N) is 2. The van der Waals surface area contributed by atoms with E-state index in [0.717, 1.165) is 0 Å². The smallest absolute Gasteiger partial charge is 0.246 e. The van der Waals surface area contributed by atoms with Crippen LogP contribution in [-0.2, 0) is 14.8 Å². The van der Waals surface area contributed by atoms with Crippen molar-refractivity contribution in [3.63, 3.8) is 0 Å². The largest absolute Gasteiger partial charge is 0.457 e. The molecule has 0 bridgehead atoms. The molecule has 0 unspecified atom stereocenters. The van der Waals surface area contributed by atoms with Gasteiger partial charge in [-0.25, -0.2) is 12.8 Å². The van der Waals surface area contributed by atoms with Gasteiger partial charge < -0.3 is 9.32 Å². The van der Waals surface area contributed by atoms with Crippen molar-refractivity contribution in [2.75, 3.05) is 26.2 Å². The van der Waals surface area contributed by atoms with E-state index < -0.39 is 15.8 Å². The summed E-state index contributed by atoms with van der Waals surface area (Å²) in [6.07, 6.45) is 2.86. The van der Waals surface area contributed by atoms with Gasteiger partial charge in [-0.05, 0) is 49.4 Å². The summed E-state index contributed by atoms with van der Waals surface area (Å²) in [5.41, 5.74) is 0.778. The number of amides is 1. The lowest BCUT2D eigenvalue weighted by atomic mass is 10.1. The third kappa shape index (κ3) is 5.00. The predicted molar refractivity (Wildman–Crippen MR) is 125 cm³/mol. The zero-order chi connectivity index (χ0) is 24.3. The molecule has 1 saturated heterocycles. The van der Waals surface area contributed by atoms with Gasteiger partial charge in [0.25, 0.3) is 0 Å². The number of Topliss-reactive ketones (excluding diaryl/α,β-unsaturated/α-hetero) is 1. The topological polar surface area (TPSA) is 87.9 Å². The summed E-state index contributed by atoms with van der Waals surface area (Å²) in [4.78, 5) is 25.6. The van der Waals surface area contributed by atoms with E-state index in [1.807, 2.05) is 0 Å². The summed E-state index contributed by atoms with van der Waals surface area (Å²) in [6.45, 7) is 2.23. The minimum Gasteiger partial charge on any atom is -0.457 e. The molecule has 0 atom stereocenters. The minimum atomic E-state index is -3.72. The van der Waals surface area contributed by atoms with Gasteiger partial charge in [0, 0.05) is 37.8 Å². The number of piperazine rings is 1. The molecule has 7 nitrogen and oxygen atoms in total. The van der Waals surface area contributed by atoms with Crippen LogP contribution >= 0.6 is 0 Å². The first kappa shape index (κ1) is 23.6. The zero-order valence-corrected chi connectivity index (χ0v) is 19.3. The molecule has 176 valence electrons. The third-order valence-corrected chi connectivity index (χ3v) is 7.52. The molecule has 1 aromatic heterocycles. The number of hydrogen-bond acceptors (Lipinski definition) is 5. The lowest BCUT2D eigenvalue weighted by Crippen LogP contribution is -2.50. The maximum atomic E-state index is 13.9. The summed E-state index contributed by atoms with van der Waals surface area (Å²) in [6, 6.07) is 15.4. The highest BCUT2D eigenvalue weighted by Crippen LogP contribution is 2.25. The number of carbonyl (C=O) groups is 2. The molecule has 0 spiro atoms. The predicted octanol–water partition coefficient (Wildman–Crippen LogP) is 3.83. The van der Waals surface area contributed by atoms with Crippen LogP contribution in [-0.4, -0.2) is 55.5 Å². The Bertz CT molecular complexity index is 1340. The highest BCUT2D eigenvalue weighted by atomic mass is 32.2. The molecule has 0 aliphatic carbocycles. The maximum absolute atomic E-state index is 13.9. The Morgan fingerprint density at radius 1 is 0.941 bits per heavy atom. The fourth-order valence-corrected chi connectivity index (χ4v) is 5.09. The van der Waals surface area contributed by atoms with E-state index in [1.165, 1.54) is 53.7 Å². The Kier molecular flexibility index (Phi) is 6.76. The van der Waals surface area contributed by atoms with Crippen molar-refractivity contribution < 1.29 is 26.8 Å². The average molecular weight is 483 g/mol. The van der Waals surface area contributed by atoms with Gasteiger partial charge in [0.05, 0.1) is 10.5 Å². The van der Waals surface area contributed by atoms with Crippen LogP contribution in [0, 0.1) is 5.82 Å². The monoisotopic (exact) mass is 482 g/mol. The van der Waals surface area contributed by atoms with E-state index in [4.69, 9.17) is 4.42 Å². The third-order valence-electron chi connectivity index (χ3n) is 5.61. The van der Waals surface area contributed by atoms with Crippen molar-refractivity contribution >= 4 is 27.8 Å². The van der Waals surface area contributed by atoms with E-state index in [-0.39, 0.29) is 42.8 Å². The van der Waals surface area contributed by atoms with Crippen LogP contribution in [0.4, 0.5) is 4.39 Å². The molecule has 0 radical (unpaired) electrons. The van der Waals surface area contributed by atoms with Crippen molar-refractivity contribution in [1.29, 1.82) is 0 Å². The summed E-state index contributed by atoms with van der Waals surface area (Å²) < 4.78 is 46.6. The number of rotatable bonds is 6. The van der Waals surface area contributed by atoms with Gasteiger partial charge in [-0.2, -0.15) is 4.31 Å². The van der Waals surface area contributed by atoms with Crippen LogP contribution in [0.15, 0.2) is 76.1 Å². The number of hydrogen-bond donors (Lipinski definition) is 0. The Morgan fingerprint density at radius 3 is 2.26 bits per heavy atom. The first-order valence-corrected chi connectivity index (χ1v) is 12.1. The van der Waals surface area contributed by atoms with E-state index in [0.29, 0.717) is 22.6 Å². The van der Waals surface area contributed by atoms with Gasteiger partial charge >= 0.3 is 0 Å². The molecular formula is C25H23FN2O5S. The molecule has 9 heteroatoms. The Hall–Kier alpha value is -3.56. The van der Waals surface area contributed by atoms with E-state index in [9.17, 15) is 22.4 Å². The molecule has 1 amide bonds. The second-order valence-electron chi connectivity index (χ2n) is 7.83. The summed E-state index contributed by atoms with van der Waals surface area (Å²) >= 11 is 0. The first-order chi connectivity index (χ1) is 16.3. The molecule has 34 heavy (non-hydrogen) atoms. The van der Waals surface area contributed by atoms with Gasteiger partial charge in [-0.3, -0.25) is 9.59 Å². The molecule has 0 saturated carbocycles. The molecule has 2 aromatic carbocycles. The molecule has 3 aromatic rings. The number of halogens is 1. The summed E-state index contributed by atoms with van der Waals surface area (Å²) in [5, 5.41) is 0. The van der Waals surface area contributed by atoms with Gasteiger partial charge in [0.1, 0.15) is 17.3 Å².